The van der Waals surface area contributed by atoms with Crippen LogP contribution in [0.4, 0.5) is 5.69 Å². The van der Waals surface area contributed by atoms with Gasteiger partial charge in [-0.2, -0.15) is 10.2 Å². The van der Waals surface area contributed by atoms with E-state index in [0.717, 1.165) is 23.1 Å². The van der Waals surface area contributed by atoms with Gasteiger partial charge in [0, 0.05) is 11.9 Å². The number of aromatic nitrogens is 2. The Morgan fingerprint density at radius 2 is 1.79 bits per heavy atom. The van der Waals surface area contributed by atoms with Crippen LogP contribution in [0.25, 0.3) is 10.9 Å². The Balaban J connectivity index is 1.78. The highest BCUT2D eigenvalue weighted by atomic mass is 15.1. The minimum absolute atomic E-state index is 0.954. The van der Waals surface area contributed by atoms with Crippen molar-refractivity contribution in [1.82, 2.24) is 10.2 Å². The van der Waals surface area contributed by atoms with E-state index in [4.69, 9.17) is 0 Å². The summed E-state index contributed by atoms with van der Waals surface area (Å²) in [4.78, 5) is 0. The van der Waals surface area contributed by atoms with Crippen LogP contribution in [0.5, 0.6) is 0 Å². The highest BCUT2D eigenvalue weighted by Crippen LogP contribution is 2.19. The zero-order valence-electron chi connectivity index (χ0n) is 11.7. The number of hydrogen-bond acceptors (Lipinski definition) is 3. The second kappa shape index (κ2) is 7.72. The summed E-state index contributed by atoms with van der Waals surface area (Å²) in [5, 5.41) is 12.8. The van der Waals surface area contributed by atoms with E-state index in [1.807, 2.05) is 24.4 Å². The van der Waals surface area contributed by atoms with Crippen molar-refractivity contribution in [2.24, 2.45) is 0 Å². The predicted molar refractivity (Wildman–Crippen MR) is 81.4 cm³/mol. The molecular formula is C16H23N3. The molecule has 1 heterocycles. The molecule has 2 rings (SSSR count). The average molecular weight is 257 g/mol. The maximum absolute atomic E-state index is 4.13. The summed E-state index contributed by atoms with van der Waals surface area (Å²) in [6, 6.07) is 8.13. The van der Waals surface area contributed by atoms with Gasteiger partial charge in [0.1, 0.15) is 0 Å². The van der Waals surface area contributed by atoms with E-state index in [0.29, 0.717) is 0 Å². The molecule has 0 saturated heterocycles. The van der Waals surface area contributed by atoms with Crippen LogP contribution in [0, 0.1) is 0 Å². The van der Waals surface area contributed by atoms with Crippen LogP contribution in [0.3, 0.4) is 0 Å². The van der Waals surface area contributed by atoms with Crippen molar-refractivity contribution in [3.63, 3.8) is 0 Å². The Labute approximate surface area is 115 Å². The van der Waals surface area contributed by atoms with Crippen LogP contribution in [-0.2, 0) is 0 Å². The van der Waals surface area contributed by atoms with Gasteiger partial charge in [-0.05, 0) is 12.5 Å². The fourth-order valence-electron chi connectivity index (χ4n) is 2.28. The lowest BCUT2D eigenvalue weighted by Gasteiger charge is -2.08. The van der Waals surface area contributed by atoms with E-state index in [1.165, 1.54) is 38.5 Å². The van der Waals surface area contributed by atoms with Crippen molar-refractivity contribution < 1.29 is 0 Å². The number of nitrogens with one attached hydrogen (secondary N) is 1. The lowest BCUT2D eigenvalue weighted by Crippen LogP contribution is -2.03. The molecule has 102 valence electrons. The number of nitrogens with zero attached hydrogens (tertiary/aromatic N) is 2. The molecule has 0 aliphatic carbocycles. The number of benzene rings is 1. The second-order valence-corrected chi connectivity index (χ2v) is 4.97. The number of anilines is 1. The van der Waals surface area contributed by atoms with Gasteiger partial charge < -0.3 is 5.32 Å². The van der Waals surface area contributed by atoms with Crippen LogP contribution < -0.4 is 5.32 Å². The Hall–Kier alpha value is -1.64. The summed E-state index contributed by atoms with van der Waals surface area (Å²) in [6.07, 6.45) is 9.75. The van der Waals surface area contributed by atoms with Crippen molar-refractivity contribution >= 4 is 16.6 Å². The molecule has 0 saturated carbocycles. The first-order chi connectivity index (χ1) is 9.42. The van der Waals surface area contributed by atoms with Crippen molar-refractivity contribution in [3.05, 3.63) is 30.5 Å². The Morgan fingerprint density at radius 3 is 2.68 bits per heavy atom. The molecular weight excluding hydrogens is 234 g/mol. The molecule has 1 aromatic heterocycles. The summed E-state index contributed by atoms with van der Waals surface area (Å²) in [5.74, 6) is 0. The number of hydrogen-bond donors (Lipinski definition) is 1. The van der Waals surface area contributed by atoms with Gasteiger partial charge in [-0.15, -0.1) is 0 Å². The van der Waals surface area contributed by atoms with E-state index >= 15 is 0 Å². The van der Waals surface area contributed by atoms with Gasteiger partial charge in [0.05, 0.1) is 17.4 Å². The Kier molecular flexibility index (Phi) is 5.60. The third-order valence-electron chi connectivity index (χ3n) is 3.39. The van der Waals surface area contributed by atoms with Crippen LogP contribution in [-0.4, -0.2) is 16.7 Å². The van der Waals surface area contributed by atoms with Crippen molar-refractivity contribution in [2.75, 3.05) is 11.9 Å². The number of rotatable bonds is 8. The average Bonchev–Trinajstić information content (AvgIpc) is 2.46. The topological polar surface area (TPSA) is 37.8 Å². The fourth-order valence-corrected chi connectivity index (χ4v) is 2.28. The molecule has 3 heteroatoms. The maximum atomic E-state index is 4.13. The molecule has 0 aliphatic rings. The number of unbranched alkanes of at least 4 members (excludes halogenated alkanes) is 5. The molecule has 19 heavy (non-hydrogen) atoms. The van der Waals surface area contributed by atoms with Crippen LogP contribution in [0.2, 0.25) is 0 Å². The van der Waals surface area contributed by atoms with E-state index in [-0.39, 0.29) is 0 Å². The molecule has 3 nitrogen and oxygen atoms in total. The van der Waals surface area contributed by atoms with Gasteiger partial charge in [0.2, 0.25) is 0 Å². The third-order valence-corrected chi connectivity index (χ3v) is 3.39. The first-order valence-corrected chi connectivity index (χ1v) is 7.36. The maximum Gasteiger partial charge on any atom is 0.0950 e. The normalized spacial score (nSPS) is 10.8. The van der Waals surface area contributed by atoms with Gasteiger partial charge in [-0.1, -0.05) is 57.2 Å². The summed E-state index contributed by atoms with van der Waals surface area (Å²) in [5.41, 5.74) is 2.05. The van der Waals surface area contributed by atoms with Crippen molar-refractivity contribution in [2.45, 2.75) is 45.4 Å². The zero-order chi connectivity index (χ0) is 13.3. The molecule has 1 N–H and O–H groups in total. The smallest absolute Gasteiger partial charge is 0.0950 e. The third kappa shape index (κ3) is 4.19. The Morgan fingerprint density at radius 1 is 1.00 bits per heavy atom. The van der Waals surface area contributed by atoms with Crippen LogP contribution in [0.1, 0.15) is 45.4 Å². The molecule has 0 unspecified atom stereocenters. The molecule has 0 fully saturated rings. The van der Waals surface area contributed by atoms with Gasteiger partial charge in [0.15, 0.2) is 0 Å². The molecule has 1 aromatic carbocycles. The SMILES string of the molecule is CCCCCCCCNc1cnnc2ccccc12. The van der Waals surface area contributed by atoms with Gasteiger partial charge >= 0.3 is 0 Å². The summed E-state index contributed by atoms with van der Waals surface area (Å²) >= 11 is 0. The van der Waals surface area contributed by atoms with Gasteiger partial charge in [0.25, 0.3) is 0 Å². The van der Waals surface area contributed by atoms with E-state index in [2.05, 4.69) is 28.5 Å². The predicted octanol–water partition coefficient (Wildman–Crippen LogP) is 4.40. The minimum Gasteiger partial charge on any atom is -0.383 e. The lowest BCUT2D eigenvalue weighted by molar-refractivity contribution is 0.617. The first-order valence-electron chi connectivity index (χ1n) is 7.36. The van der Waals surface area contributed by atoms with Gasteiger partial charge in [-0.3, -0.25) is 0 Å². The summed E-state index contributed by atoms with van der Waals surface area (Å²) < 4.78 is 0. The standard InChI is InChI=1S/C16H23N3/c1-2-3-4-5-6-9-12-17-16-13-18-19-15-11-8-7-10-14(15)16/h7-8,10-11,13H,2-6,9,12H2,1H3,(H,17,19). The van der Waals surface area contributed by atoms with E-state index in [1.54, 1.807) is 0 Å². The minimum atomic E-state index is 0.954. The van der Waals surface area contributed by atoms with E-state index in [9.17, 15) is 0 Å². The molecule has 0 amide bonds. The van der Waals surface area contributed by atoms with Gasteiger partial charge in [-0.25, -0.2) is 0 Å². The van der Waals surface area contributed by atoms with Crippen LogP contribution >= 0.6 is 0 Å². The second-order valence-electron chi connectivity index (χ2n) is 4.97. The monoisotopic (exact) mass is 257 g/mol. The summed E-state index contributed by atoms with van der Waals surface area (Å²) in [6.45, 7) is 3.27. The number of fused-ring (bicyclic) bond motifs is 1. The first kappa shape index (κ1) is 13.8. The molecule has 0 radical (unpaired) electrons. The molecule has 2 aromatic rings. The van der Waals surface area contributed by atoms with Crippen molar-refractivity contribution in [1.29, 1.82) is 0 Å². The molecule has 0 aliphatic heterocycles. The highest BCUT2D eigenvalue weighted by Gasteiger charge is 2.00. The lowest BCUT2D eigenvalue weighted by atomic mass is 10.1. The zero-order valence-corrected chi connectivity index (χ0v) is 11.7. The fraction of sp³-hybridized carbons (Fsp3) is 0.500. The quantitative estimate of drug-likeness (QED) is 0.712. The van der Waals surface area contributed by atoms with E-state index < -0.39 is 0 Å². The molecule has 0 atom stereocenters. The molecule has 0 bridgehead atoms. The summed E-state index contributed by atoms with van der Waals surface area (Å²) in [7, 11) is 0. The van der Waals surface area contributed by atoms with Crippen molar-refractivity contribution in [3.8, 4) is 0 Å². The molecule has 0 spiro atoms. The largest absolute Gasteiger partial charge is 0.383 e. The Bertz CT molecular complexity index is 491. The van der Waals surface area contributed by atoms with Crippen LogP contribution in [0.15, 0.2) is 30.5 Å². The highest BCUT2D eigenvalue weighted by molar-refractivity contribution is 5.90.